The quantitative estimate of drug-likeness (QED) is 0.485. The molecular formula is C30H27FN2O3. The molecule has 5 nitrogen and oxygen atoms in total. The summed E-state index contributed by atoms with van der Waals surface area (Å²) in [7, 11) is 1.63. The maximum absolute atomic E-state index is 13.9. The van der Waals surface area contributed by atoms with Crippen molar-refractivity contribution in [2.45, 2.75) is 37.6 Å². The zero-order chi connectivity index (χ0) is 24.8. The van der Waals surface area contributed by atoms with Crippen molar-refractivity contribution in [2.75, 3.05) is 17.3 Å². The van der Waals surface area contributed by atoms with Crippen molar-refractivity contribution in [1.82, 2.24) is 0 Å². The Balaban J connectivity index is 1.50. The minimum Gasteiger partial charge on any atom is -0.497 e. The third kappa shape index (κ3) is 3.96. The third-order valence-corrected chi connectivity index (χ3v) is 7.43. The van der Waals surface area contributed by atoms with Crippen LogP contribution < -0.4 is 15.0 Å². The molecule has 1 fully saturated rings. The van der Waals surface area contributed by atoms with Crippen LogP contribution in [-0.4, -0.2) is 18.8 Å². The molecule has 0 spiro atoms. The normalized spacial score (nSPS) is 21.3. The predicted molar refractivity (Wildman–Crippen MR) is 136 cm³/mol. The minimum atomic E-state index is -0.617. The van der Waals surface area contributed by atoms with Gasteiger partial charge in [-0.05, 0) is 72.7 Å². The van der Waals surface area contributed by atoms with Gasteiger partial charge in [-0.25, -0.2) is 4.39 Å². The Morgan fingerprint density at radius 2 is 1.64 bits per heavy atom. The molecule has 1 saturated carbocycles. The van der Waals surface area contributed by atoms with Crippen molar-refractivity contribution in [1.29, 1.82) is 0 Å². The molecule has 2 aliphatic carbocycles. The Hall–Kier alpha value is -3.93. The lowest BCUT2D eigenvalue weighted by atomic mass is 9.78. The number of benzene rings is 3. The van der Waals surface area contributed by atoms with E-state index in [1.165, 1.54) is 12.1 Å². The lowest BCUT2D eigenvalue weighted by molar-refractivity contribution is -0.120. The molecule has 0 aromatic heterocycles. The summed E-state index contributed by atoms with van der Waals surface area (Å²) < 4.78 is 19.2. The van der Waals surface area contributed by atoms with Crippen LogP contribution in [-0.2, 0) is 9.59 Å². The van der Waals surface area contributed by atoms with Gasteiger partial charge in [0, 0.05) is 23.6 Å². The standard InChI is InChI=1S/C30H27FN2O3/c1-36-23-14-10-18(11-15-23)21-16-25-28(27(34)17-21)29(19-8-12-22(31)13-9-19)33(30(35)20-6-7-20)26-5-3-2-4-24(26)32-25/h2-5,8-15,20-21,29,32H,6-7,16-17H2,1H3/t21-,29+/m1/s1. The fraction of sp³-hybridized carbons (Fsp3) is 0.267. The largest absolute Gasteiger partial charge is 0.497 e. The smallest absolute Gasteiger partial charge is 0.231 e. The summed E-state index contributed by atoms with van der Waals surface area (Å²) in [6.45, 7) is 0. The van der Waals surface area contributed by atoms with E-state index in [0.29, 0.717) is 18.4 Å². The molecular weight excluding hydrogens is 455 g/mol. The fourth-order valence-corrected chi connectivity index (χ4v) is 5.43. The number of carbonyl (C=O) groups excluding carboxylic acids is 2. The third-order valence-electron chi connectivity index (χ3n) is 7.43. The number of anilines is 2. The Bertz CT molecular complexity index is 1360. The Morgan fingerprint density at radius 1 is 0.944 bits per heavy atom. The van der Waals surface area contributed by atoms with Crippen LogP contribution in [0.5, 0.6) is 5.75 Å². The summed E-state index contributed by atoms with van der Waals surface area (Å²) >= 11 is 0. The Kier molecular flexibility index (Phi) is 5.59. The molecule has 0 unspecified atom stereocenters. The van der Waals surface area contributed by atoms with E-state index in [1.807, 2.05) is 48.5 Å². The first-order chi connectivity index (χ1) is 17.5. The highest BCUT2D eigenvalue weighted by molar-refractivity contribution is 6.07. The first-order valence-electron chi connectivity index (χ1n) is 12.4. The first-order valence-corrected chi connectivity index (χ1v) is 12.4. The predicted octanol–water partition coefficient (Wildman–Crippen LogP) is 6.14. The van der Waals surface area contributed by atoms with Gasteiger partial charge in [0.05, 0.1) is 24.5 Å². The molecule has 0 saturated heterocycles. The highest BCUT2D eigenvalue weighted by Gasteiger charge is 2.44. The summed E-state index contributed by atoms with van der Waals surface area (Å²) in [5.41, 5.74) is 4.75. The van der Waals surface area contributed by atoms with Gasteiger partial charge < -0.3 is 10.1 Å². The number of hydrogen-bond donors (Lipinski definition) is 1. The summed E-state index contributed by atoms with van der Waals surface area (Å²) in [6, 6.07) is 21.1. The number of methoxy groups -OCH3 is 1. The number of ketones is 1. The average Bonchev–Trinajstić information content (AvgIpc) is 3.75. The van der Waals surface area contributed by atoms with Crippen molar-refractivity contribution < 1.29 is 18.7 Å². The van der Waals surface area contributed by atoms with E-state index < -0.39 is 6.04 Å². The summed E-state index contributed by atoms with van der Waals surface area (Å²) in [4.78, 5) is 29.4. The fourth-order valence-electron chi connectivity index (χ4n) is 5.43. The van der Waals surface area contributed by atoms with Crippen molar-refractivity contribution in [3.05, 3.63) is 101 Å². The van der Waals surface area contributed by atoms with Crippen molar-refractivity contribution in [2.24, 2.45) is 5.92 Å². The molecule has 1 aliphatic heterocycles. The average molecular weight is 483 g/mol. The molecule has 182 valence electrons. The summed E-state index contributed by atoms with van der Waals surface area (Å²) in [5, 5.41) is 3.54. The van der Waals surface area contributed by atoms with Gasteiger partial charge in [0.15, 0.2) is 5.78 Å². The Labute approximate surface area is 209 Å². The molecule has 3 aliphatic rings. The van der Waals surface area contributed by atoms with Crippen molar-refractivity contribution in [3.63, 3.8) is 0 Å². The van der Waals surface area contributed by atoms with Gasteiger partial charge in [0.25, 0.3) is 0 Å². The van der Waals surface area contributed by atoms with Crippen LogP contribution in [0.1, 0.15) is 48.8 Å². The van der Waals surface area contributed by atoms with Crippen LogP contribution in [0.4, 0.5) is 15.8 Å². The van der Waals surface area contributed by atoms with Gasteiger partial charge >= 0.3 is 0 Å². The zero-order valence-electron chi connectivity index (χ0n) is 20.0. The number of para-hydroxylation sites is 2. The molecule has 0 bridgehead atoms. The van der Waals surface area contributed by atoms with E-state index in [0.717, 1.165) is 46.8 Å². The number of nitrogens with one attached hydrogen (secondary N) is 1. The topological polar surface area (TPSA) is 58.6 Å². The second-order valence-corrected chi connectivity index (χ2v) is 9.77. The number of fused-ring (bicyclic) bond motifs is 1. The molecule has 3 aromatic carbocycles. The number of hydrogen-bond acceptors (Lipinski definition) is 4. The Morgan fingerprint density at radius 3 is 2.33 bits per heavy atom. The first kappa shape index (κ1) is 22.5. The number of rotatable bonds is 4. The summed E-state index contributed by atoms with van der Waals surface area (Å²) in [5.74, 6) is 0.385. The number of nitrogens with zero attached hydrogens (tertiary/aromatic N) is 1. The second kappa shape index (κ2) is 8.94. The van der Waals surface area contributed by atoms with Crippen LogP contribution in [0.15, 0.2) is 84.1 Å². The van der Waals surface area contributed by atoms with E-state index in [-0.39, 0.29) is 29.3 Å². The molecule has 3 aromatic rings. The van der Waals surface area contributed by atoms with E-state index in [2.05, 4.69) is 5.32 Å². The monoisotopic (exact) mass is 482 g/mol. The molecule has 0 radical (unpaired) electrons. The highest BCUT2D eigenvalue weighted by atomic mass is 19.1. The maximum atomic E-state index is 13.9. The molecule has 1 N–H and O–H groups in total. The minimum absolute atomic E-state index is 0.000274. The van der Waals surface area contributed by atoms with Crippen molar-refractivity contribution in [3.8, 4) is 5.75 Å². The van der Waals surface area contributed by atoms with Crippen LogP contribution in [0.2, 0.25) is 0 Å². The van der Waals surface area contributed by atoms with Gasteiger partial charge in [0.1, 0.15) is 11.6 Å². The molecule has 36 heavy (non-hydrogen) atoms. The van der Waals surface area contributed by atoms with E-state index in [4.69, 9.17) is 4.74 Å². The van der Waals surface area contributed by atoms with Crippen LogP contribution in [0.3, 0.4) is 0 Å². The molecule has 1 amide bonds. The lowest BCUT2D eigenvalue weighted by Crippen LogP contribution is -2.39. The van der Waals surface area contributed by atoms with Gasteiger partial charge in [-0.2, -0.15) is 0 Å². The molecule has 6 rings (SSSR count). The number of allylic oxidation sites excluding steroid dienone is 1. The van der Waals surface area contributed by atoms with Crippen LogP contribution in [0, 0.1) is 11.7 Å². The lowest BCUT2D eigenvalue weighted by Gasteiger charge is -2.35. The molecule has 2 atom stereocenters. The number of halogens is 1. The maximum Gasteiger partial charge on any atom is 0.231 e. The number of carbonyl (C=O) groups is 2. The van der Waals surface area contributed by atoms with E-state index >= 15 is 0 Å². The van der Waals surface area contributed by atoms with Gasteiger partial charge in [0.2, 0.25) is 5.91 Å². The van der Waals surface area contributed by atoms with Gasteiger partial charge in [-0.1, -0.05) is 36.4 Å². The molecule has 1 heterocycles. The van der Waals surface area contributed by atoms with Crippen LogP contribution in [0.25, 0.3) is 0 Å². The number of Topliss-reactive ketones (excluding diaryl/α,β-unsaturated/α-hetero) is 1. The zero-order valence-corrected chi connectivity index (χ0v) is 20.0. The second-order valence-electron chi connectivity index (χ2n) is 9.77. The van der Waals surface area contributed by atoms with E-state index in [9.17, 15) is 14.0 Å². The highest BCUT2D eigenvalue weighted by Crippen LogP contribution is 2.49. The number of amides is 1. The van der Waals surface area contributed by atoms with E-state index in [1.54, 1.807) is 24.1 Å². The van der Waals surface area contributed by atoms with Crippen LogP contribution >= 0.6 is 0 Å². The summed E-state index contributed by atoms with van der Waals surface area (Å²) in [6.07, 6.45) is 2.66. The van der Waals surface area contributed by atoms with Gasteiger partial charge in [-0.15, -0.1) is 0 Å². The van der Waals surface area contributed by atoms with Crippen molar-refractivity contribution >= 4 is 23.1 Å². The number of ether oxygens (including phenoxy) is 1. The van der Waals surface area contributed by atoms with Gasteiger partial charge in [-0.3, -0.25) is 14.5 Å². The SMILES string of the molecule is COc1ccc([C@H]2CC(=O)C3=C(C2)Nc2ccccc2N(C(=O)C2CC2)[C@H]3c2ccc(F)cc2)cc1. The molecule has 6 heteroatoms.